The number of H-pyrrole nitrogens is 1. The van der Waals surface area contributed by atoms with E-state index >= 15 is 0 Å². The largest absolute Gasteiger partial charge is 0.497 e. The molecule has 1 aromatic heterocycles. The van der Waals surface area contributed by atoms with Gasteiger partial charge in [-0.05, 0) is 24.6 Å². The van der Waals surface area contributed by atoms with Gasteiger partial charge in [0.05, 0.1) is 13.7 Å². The second-order valence-electron chi connectivity index (χ2n) is 4.29. The third kappa shape index (κ3) is 2.88. The highest BCUT2D eigenvalue weighted by molar-refractivity contribution is 5.85. The number of fused-ring (bicyclic) bond motifs is 1. The Kier molecular flexibility index (Phi) is 4.06. The smallest absolute Gasteiger partial charge is 0.323 e. The number of esters is 1. The number of carbonyl (C=O) groups is 1. The highest BCUT2D eigenvalue weighted by atomic mass is 16.5. The highest BCUT2D eigenvalue weighted by Gasteiger charge is 2.17. The maximum absolute atomic E-state index is 11.5. The lowest BCUT2D eigenvalue weighted by Crippen LogP contribution is -2.34. The van der Waals surface area contributed by atoms with Crippen LogP contribution in [0.25, 0.3) is 10.9 Å². The summed E-state index contributed by atoms with van der Waals surface area (Å²) in [7, 11) is 1.63. The van der Waals surface area contributed by atoms with Crippen LogP contribution in [0.15, 0.2) is 24.4 Å². The number of hydrogen-bond acceptors (Lipinski definition) is 4. The van der Waals surface area contributed by atoms with E-state index in [4.69, 9.17) is 15.2 Å². The quantitative estimate of drug-likeness (QED) is 0.802. The Bertz CT molecular complexity index is 577. The number of aromatic amines is 1. The van der Waals surface area contributed by atoms with Crippen molar-refractivity contribution in [2.24, 2.45) is 5.73 Å². The first-order valence-corrected chi connectivity index (χ1v) is 6.22. The molecule has 5 nitrogen and oxygen atoms in total. The Morgan fingerprint density at radius 3 is 2.95 bits per heavy atom. The van der Waals surface area contributed by atoms with Crippen LogP contribution < -0.4 is 10.5 Å². The molecule has 2 rings (SSSR count). The third-order valence-corrected chi connectivity index (χ3v) is 3.00. The number of ether oxygens (including phenoxy) is 2. The van der Waals surface area contributed by atoms with Crippen LogP contribution in [0.5, 0.6) is 5.75 Å². The summed E-state index contributed by atoms with van der Waals surface area (Å²) in [6.07, 6.45) is 2.31. The monoisotopic (exact) mass is 262 g/mol. The van der Waals surface area contributed by atoms with E-state index in [0.29, 0.717) is 13.0 Å². The van der Waals surface area contributed by atoms with Crippen LogP contribution in [0.1, 0.15) is 12.5 Å². The zero-order valence-corrected chi connectivity index (χ0v) is 11.1. The Hall–Kier alpha value is -2.01. The summed E-state index contributed by atoms with van der Waals surface area (Å²) in [6.45, 7) is 2.11. The minimum Gasteiger partial charge on any atom is -0.497 e. The molecule has 1 atom stereocenters. The summed E-state index contributed by atoms with van der Waals surface area (Å²) in [6, 6.07) is 5.11. The van der Waals surface area contributed by atoms with Crippen LogP contribution in [0.4, 0.5) is 0 Å². The number of methoxy groups -OCH3 is 1. The molecule has 0 spiro atoms. The number of rotatable bonds is 5. The fraction of sp³-hybridized carbons (Fsp3) is 0.357. The van der Waals surface area contributed by atoms with E-state index in [1.54, 1.807) is 14.0 Å². The SMILES string of the molecule is CCOC(=O)C(N)Cc1c[nH]c2cc(OC)ccc12. The lowest BCUT2D eigenvalue weighted by molar-refractivity contribution is -0.144. The molecule has 0 saturated heterocycles. The Morgan fingerprint density at radius 2 is 2.26 bits per heavy atom. The fourth-order valence-corrected chi connectivity index (χ4v) is 2.03. The molecule has 0 saturated carbocycles. The Labute approximate surface area is 111 Å². The van der Waals surface area contributed by atoms with Crippen molar-refractivity contribution in [1.82, 2.24) is 4.98 Å². The van der Waals surface area contributed by atoms with E-state index < -0.39 is 6.04 Å². The lowest BCUT2D eigenvalue weighted by Gasteiger charge is -2.09. The minimum atomic E-state index is -0.638. The van der Waals surface area contributed by atoms with Crippen LogP contribution in [-0.4, -0.2) is 30.7 Å². The number of benzene rings is 1. The molecule has 1 unspecified atom stereocenters. The number of carbonyl (C=O) groups excluding carboxylic acids is 1. The van der Waals surface area contributed by atoms with Gasteiger partial charge in [0, 0.05) is 29.6 Å². The van der Waals surface area contributed by atoms with E-state index in [0.717, 1.165) is 22.2 Å². The van der Waals surface area contributed by atoms with Gasteiger partial charge in [-0.2, -0.15) is 0 Å². The number of nitrogens with one attached hydrogen (secondary N) is 1. The van der Waals surface area contributed by atoms with Crippen molar-refractivity contribution in [1.29, 1.82) is 0 Å². The zero-order chi connectivity index (χ0) is 13.8. The molecule has 1 heterocycles. The van der Waals surface area contributed by atoms with Crippen molar-refractivity contribution >= 4 is 16.9 Å². The first-order chi connectivity index (χ1) is 9.15. The average molecular weight is 262 g/mol. The molecule has 0 fully saturated rings. The van der Waals surface area contributed by atoms with E-state index in [1.165, 1.54) is 0 Å². The van der Waals surface area contributed by atoms with Crippen molar-refractivity contribution in [3.05, 3.63) is 30.0 Å². The standard InChI is InChI=1S/C14H18N2O3/c1-3-19-14(17)12(15)6-9-8-16-13-7-10(18-2)4-5-11(9)13/h4-5,7-8,12,16H,3,6,15H2,1-2H3. The maximum atomic E-state index is 11.5. The molecule has 102 valence electrons. The summed E-state index contributed by atoms with van der Waals surface area (Å²) in [5.74, 6) is 0.418. The van der Waals surface area contributed by atoms with Crippen molar-refractivity contribution in [3.63, 3.8) is 0 Å². The summed E-state index contributed by atoms with van der Waals surface area (Å²) in [5.41, 5.74) is 7.79. The molecule has 0 aliphatic carbocycles. The fourth-order valence-electron chi connectivity index (χ4n) is 2.03. The van der Waals surface area contributed by atoms with Crippen molar-refractivity contribution < 1.29 is 14.3 Å². The van der Waals surface area contributed by atoms with Gasteiger partial charge in [0.2, 0.25) is 0 Å². The molecule has 2 aromatic rings. The molecular formula is C14H18N2O3. The molecule has 0 aliphatic rings. The second-order valence-corrected chi connectivity index (χ2v) is 4.29. The first-order valence-electron chi connectivity index (χ1n) is 6.22. The van der Waals surface area contributed by atoms with Gasteiger partial charge in [0.15, 0.2) is 0 Å². The van der Waals surface area contributed by atoms with Crippen LogP contribution in [0, 0.1) is 0 Å². The topological polar surface area (TPSA) is 77.3 Å². The van der Waals surface area contributed by atoms with Gasteiger partial charge in [0.1, 0.15) is 11.8 Å². The van der Waals surface area contributed by atoms with Gasteiger partial charge in [0.25, 0.3) is 0 Å². The van der Waals surface area contributed by atoms with E-state index in [1.807, 2.05) is 24.4 Å². The van der Waals surface area contributed by atoms with Gasteiger partial charge in [-0.3, -0.25) is 4.79 Å². The predicted molar refractivity (Wildman–Crippen MR) is 73.2 cm³/mol. The maximum Gasteiger partial charge on any atom is 0.323 e. The minimum absolute atomic E-state index is 0.345. The van der Waals surface area contributed by atoms with Gasteiger partial charge in [-0.1, -0.05) is 0 Å². The van der Waals surface area contributed by atoms with Crippen molar-refractivity contribution in [3.8, 4) is 5.75 Å². The van der Waals surface area contributed by atoms with Crippen LogP contribution in [0.3, 0.4) is 0 Å². The highest BCUT2D eigenvalue weighted by Crippen LogP contribution is 2.23. The van der Waals surface area contributed by atoms with E-state index in [-0.39, 0.29) is 5.97 Å². The predicted octanol–water partition coefficient (Wildman–Crippen LogP) is 1.61. The van der Waals surface area contributed by atoms with Crippen molar-refractivity contribution in [2.45, 2.75) is 19.4 Å². The summed E-state index contributed by atoms with van der Waals surface area (Å²) >= 11 is 0. The molecule has 5 heteroatoms. The van der Waals surface area contributed by atoms with Crippen LogP contribution in [-0.2, 0) is 16.0 Å². The summed E-state index contributed by atoms with van der Waals surface area (Å²) < 4.78 is 10.1. The lowest BCUT2D eigenvalue weighted by atomic mass is 10.1. The molecule has 19 heavy (non-hydrogen) atoms. The van der Waals surface area contributed by atoms with Gasteiger partial charge >= 0.3 is 5.97 Å². The molecule has 0 amide bonds. The zero-order valence-electron chi connectivity index (χ0n) is 11.1. The molecule has 0 aliphatic heterocycles. The normalized spacial score (nSPS) is 12.4. The van der Waals surface area contributed by atoms with Gasteiger partial charge < -0.3 is 20.2 Å². The molecule has 0 radical (unpaired) electrons. The average Bonchev–Trinajstić information content (AvgIpc) is 2.81. The number of nitrogens with two attached hydrogens (primary N) is 1. The van der Waals surface area contributed by atoms with Crippen LogP contribution in [0.2, 0.25) is 0 Å². The van der Waals surface area contributed by atoms with Crippen molar-refractivity contribution in [2.75, 3.05) is 13.7 Å². The first kappa shape index (κ1) is 13.4. The Morgan fingerprint density at radius 1 is 1.47 bits per heavy atom. The van der Waals surface area contributed by atoms with Gasteiger partial charge in [-0.15, -0.1) is 0 Å². The molecule has 0 bridgehead atoms. The van der Waals surface area contributed by atoms with Gasteiger partial charge in [-0.25, -0.2) is 0 Å². The second kappa shape index (κ2) is 5.75. The molecule has 3 N–H and O–H groups in total. The number of hydrogen-bond donors (Lipinski definition) is 2. The summed E-state index contributed by atoms with van der Waals surface area (Å²) in [4.78, 5) is 14.7. The molecule has 1 aromatic carbocycles. The third-order valence-electron chi connectivity index (χ3n) is 3.00. The Balaban J connectivity index is 2.19. The summed E-state index contributed by atoms with van der Waals surface area (Å²) in [5, 5.41) is 1.04. The van der Waals surface area contributed by atoms with Crippen LogP contribution >= 0.6 is 0 Å². The number of aromatic nitrogens is 1. The van der Waals surface area contributed by atoms with E-state index in [2.05, 4.69) is 4.98 Å². The molecular weight excluding hydrogens is 244 g/mol. The van der Waals surface area contributed by atoms with E-state index in [9.17, 15) is 4.79 Å².